The first-order valence-electron chi connectivity index (χ1n) is 6.74. The zero-order valence-electron chi connectivity index (χ0n) is 12.3. The van der Waals surface area contributed by atoms with E-state index in [1.165, 1.54) is 0 Å². The molecule has 0 aromatic rings. The third kappa shape index (κ3) is 9.75. The molecule has 108 valence electrons. The summed E-state index contributed by atoms with van der Waals surface area (Å²) in [5, 5.41) is -0.107. The third-order valence-electron chi connectivity index (χ3n) is 2.29. The van der Waals surface area contributed by atoms with Gasteiger partial charge in [0.1, 0.15) is 10.9 Å². The predicted octanol–water partition coefficient (Wildman–Crippen LogP) is 4.37. The average molecular weight is 278 g/mol. The van der Waals surface area contributed by atoms with Crippen LogP contribution in [-0.2, 0) is 9.53 Å². The zero-order chi connectivity index (χ0) is 14.2. The number of halogens is 1. The summed E-state index contributed by atoms with van der Waals surface area (Å²) in [7, 11) is 0. The first kappa shape index (κ1) is 17.8. The van der Waals surface area contributed by atoms with E-state index in [1.54, 1.807) is 18.7 Å². The molecule has 0 rings (SSSR count). The molecule has 0 aliphatic carbocycles. The lowest BCUT2D eigenvalue weighted by Crippen LogP contribution is -2.30. The van der Waals surface area contributed by atoms with Crippen molar-refractivity contribution in [3.8, 4) is 0 Å². The fourth-order valence-corrected chi connectivity index (χ4v) is 2.69. The molecule has 18 heavy (non-hydrogen) atoms. The number of hydrogen-bond donors (Lipinski definition) is 0. The molecule has 0 saturated carbocycles. The highest BCUT2D eigenvalue weighted by atomic mass is 32.2. The Labute approximate surface area is 115 Å². The molecule has 0 saturated heterocycles. The molecular formula is C14H27FO2S. The second-order valence-electron chi connectivity index (χ2n) is 5.60. The van der Waals surface area contributed by atoms with Crippen molar-refractivity contribution in [1.29, 1.82) is 0 Å². The second-order valence-corrected chi connectivity index (χ2v) is 6.92. The van der Waals surface area contributed by atoms with Crippen molar-refractivity contribution in [3.05, 3.63) is 0 Å². The van der Waals surface area contributed by atoms with Crippen LogP contribution in [0.4, 0.5) is 4.39 Å². The first-order chi connectivity index (χ1) is 8.26. The number of carbonyl (C=O) groups is 1. The molecule has 2 unspecified atom stereocenters. The topological polar surface area (TPSA) is 26.3 Å². The summed E-state index contributed by atoms with van der Waals surface area (Å²) in [6.07, 6.45) is 2.41. The molecule has 0 aliphatic rings. The van der Waals surface area contributed by atoms with Crippen LogP contribution in [0.2, 0.25) is 0 Å². The Kier molecular flexibility index (Phi) is 8.66. The van der Waals surface area contributed by atoms with Gasteiger partial charge in [0, 0.05) is 0 Å². The van der Waals surface area contributed by atoms with Gasteiger partial charge in [-0.05, 0) is 52.7 Å². The van der Waals surface area contributed by atoms with Gasteiger partial charge in [0.05, 0.1) is 6.17 Å². The summed E-state index contributed by atoms with van der Waals surface area (Å²) in [6.45, 7) is 9.26. The van der Waals surface area contributed by atoms with Crippen LogP contribution in [0.25, 0.3) is 0 Å². The van der Waals surface area contributed by atoms with E-state index < -0.39 is 11.8 Å². The maximum absolute atomic E-state index is 12.7. The predicted molar refractivity (Wildman–Crippen MR) is 76.8 cm³/mol. The van der Waals surface area contributed by atoms with E-state index in [4.69, 9.17) is 4.74 Å². The van der Waals surface area contributed by atoms with Crippen molar-refractivity contribution >= 4 is 17.7 Å². The van der Waals surface area contributed by atoms with Crippen molar-refractivity contribution in [2.45, 2.75) is 77.3 Å². The molecule has 0 N–H and O–H groups in total. The number of alkyl halides is 1. The van der Waals surface area contributed by atoms with Crippen LogP contribution in [0.3, 0.4) is 0 Å². The highest BCUT2D eigenvalue weighted by Crippen LogP contribution is 2.22. The number of thioether (sulfide) groups is 1. The van der Waals surface area contributed by atoms with Crippen LogP contribution >= 0.6 is 11.8 Å². The van der Waals surface area contributed by atoms with Crippen LogP contribution in [0, 0.1) is 0 Å². The first-order valence-corrected chi connectivity index (χ1v) is 7.79. The van der Waals surface area contributed by atoms with E-state index in [0.29, 0.717) is 6.42 Å². The van der Waals surface area contributed by atoms with Gasteiger partial charge in [0.25, 0.3) is 0 Å². The number of esters is 1. The third-order valence-corrected chi connectivity index (χ3v) is 3.64. The molecule has 2 atom stereocenters. The van der Waals surface area contributed by atoms with Crippen molar-refractivity contribution in [2.75, 3.05) is 5.75 Å². The van der Waals surface area contributed by atoms with E-state index in [1.807, 2.05) is 20.8 Å². The summed E-state index contributed by atoms with van der Waals surface area (Å²) in [4.78, 5) is 12.0. The summed E-state index contributed by atoms with van der Waals surface area (Å²) < 4.78 is 18.1. The van der Waals surface area contributed by atoms with Gasteiger partial charge in [0.2, 0.25) is 0 Å². The van der Waals surface area contributed by atoms with Crippen molar-refractivity contribution in [3.63, 3.8) is 0 Å². The molecule has 0 bridgehead atoms. The van der Waals surface area contributed by atoms with Crippen molar-refractivity contribution in [1.82, 2.24) is 0 Å². The fourth-order valence-electron chi connectivity index (χ4n) is 1.49. The Morgan fingerprint density at radius 1 is 1.33 bits per heavy atom. The summed E-state index contributed by atoms with van der Waals surface area (Å²) in [6, 6.07) is 0. The summed E-state index contributed by atoms with van der Waals surface area (Å²) in [5.41, 5.74) is -0.433. The molecule has 0 heterocycles. The molecule has 0 aromatic heterocycles. The molecule has 0 radical (unpaired) electrons. The molecule has 2 nitrogen and oxygen atoms in total. The lowest BCUT2D eigenvalue weighted by molar-refractivity contribution is -0.154. The smallest absolute Gasteiger partial charge is 0.319 e. The van der Waals surface area contributed by atoms with Gasteiger partial charge < -0.3 is 4.74 Å². The van der Waals surface area contributed by atoms with Gasteiger partial charge in [0.15, 0.2) is 0 Å². The summed E-state index contributed by atoms with van der Waals surface area (Å²) >= 11 is 1.60. The minimum Gasteiger partial charge on any atom is -0.459 e. The molecule has 0 aliphatic heterocycles. The number of carbonyl (C=O) groups excluding carboxylic acids is 1. The van der Waals surface area contributed by atoms with Gasteiger partial charge in [-0.1, -0.05) is 13.3 Å². The normalized spacial score (nSPS) is 15.2. The van der Waals surface area contributed by atoms with Gasteiger partial charge in [-0.2, -0.15) is 0 Å². The average Bonchev–Trinajstić information content (AvgIpc) is 2.19. The van der Waals surface area contributed by atoms with Crippen LogP contribution in [0.15, 0.2) is 0 Å². The summed E-state index contributed by atoms with van der Waals surface area (Å²) in [5.74, 6) is 0.681. The minimum absolute atomic E-state index is 0.107. The van der Waals surface area contributed by atoms with E-state index >= 15 is 0 Å². The van der Waals surface area contributed by atoms with Crippen LogP contribution < -0.4 is 0 Å². The quantitative estimate of drug-likeness (QED) is 0.487. The van der Waals surface area contributed by atoms with Gasteiger partial charge in [-0.25, -0.2) is 4.39 Å². The van der Waals surface area contributed by atoms with Crippen molar-refractivity contribution < 1.29 is 13.9 Å². The van der Waals surface area contributed by atoms with E-state index in [9.17, 15) is 9.18 Å². The van der Waals surface area contributed by atoms with Gasteiger partial charge in [-0.15, -0.1) is 11.8 Å². The lowest BCUT2D eigenvalue weighted by atomic mass is 10.2. The fraction of sp³-hybridized carbons (Fsp3) is 0.929. The zero-order valence-corrected chi connectivity index (χ0v) is 13.1. The Balaban J connectivity index is 4.09. The molecule has 0 spiro atoms. The Morgan fingerprint density at radius 3 is 2.39 bits per heavy atom. The molecule has 0 aromatic carbocycles. The largest absolute Gasteiger partial charge is 0.459 e. The Bertz CT molecular complexity index is 236. The molecule has 4 heteroatoms. The van der Waals surface area contributed by atoms with Crippen LogP contribution in [-0.4, -0.2) is 28.7 Å². The lowest BCUT2D eigenvalue weighted by Gasteiger charge is -2.23. The van der Waals surface area contributed by atoms with E-state index in [2.05, 4.69) is 6.92 Å². The van der Waals surface area contributed by atoms with Gasteiger partial charge >= 0.3 is 5.97 Å². The van der Waals surface area contributed by atoms with Crippen LogP contribution in [0.1, 0.15) is 60.3 Å². The van der Waals surface area contributed by atoms with Crippen LogP contribution in [0.5, 0.6) is 0 Å². The molecule has 0 fully saturated rings. The Hall–Kier alpha value is -0.250. The minimum atomic E-state index is -0.753. The van der Waals surface area contributed by atoms with Gasteiger partial charge in [-0.3, -0.25) is 4.79 Å². The second kappa shape index (κ2) is 8.78. The number of ether oxygens (including phenoxy) is 1. The number of hydrogen-bond acceptors (Lipinski definition) is 3. The Morgan fingerprint density at radius 2 is 1.94 bits per heavy atom. The molecule has 0 amide bonds. The van der Waals surface area contributed by atoms with Crippen molar-refractivity contribution in [2.24, 2.45) is 0 Å². The molecular weight excluding hydrogens is 251 g/mol. The maximum atomic E-state index is 12.7. The maximum Gasteiger partial charge on any atom is 0.319 e. The monoisotopic (exact) mass is 278 g/mol. The van der Waals surface area contributed by atoms with E-state index in [0.717, 1.165) is 25.0 Å². The highest BCUT2D eigenvalue weighted by molar-refractivity contribution is 8.00. The number of rotatable bonds is 8. The SMILES string of the molecule is CCCC(SCCCC(C)F)C(=O)OC(C)(C)C. The van der Waals surface area contributed by atoms with E-state index in [-0.39, 0.29) is 11.2 Å². The highest BCUT2D eigenvalue weighted by Gasteiger charge is 2.24. The standard InChI is InChI=1S/C14H27FO2S/c1-6-8-12(13(16)17-14(3,4)5)18-10-7-9-11(2)15/h11-12H,6-10H2,1-5H3.